The van der Waals surface area contributed by atoms with Gasteiger partial charge in [0.25, 0.3) is 0 Å². The molecule has 1 unspecified atom stereocenters. The fourth-order valence-electron chi connectivity index (χ4n) is 3.99. The van der Waals surface area contributed by atoms with E-state index in [1.54, 1.807) is 0 Å². The Morgan fingerprint density at radius 3 is 2.71 bits per heavy atom. The highest BCUT2D eigenvalue weighted by Crippen LogP contribution is 2.50. The van der Waals surface area contributed by atoms with Crippen molar-refractivity contribution in [3.63, 3.8) is 0 Å². The first-order valence-electron chi connectivity index (χ1n) is 9.55. The number of benzene rings is 2. The topological polar surface area (TPSA) is 39.4 Å². The minimum Gasteiger partial charge on any atom is -0.308 e. The highest BCUT2D eigenvalue weighted by atomic mass is 32.2. The Kier molecular flexibility index (Phi) is 4.38. The Balaban J connectivity index is 1.64. The van der Waals surface area contributed by atoms with E-state index in [1.807, 2.05) is 24.1 Å². The van der Waals surface area contributed by atoms with Gasteiger partial charge in [-0.05, 0) is 55.2 Å². The number of allylic oxidation sites excluding steroid dienone is 5. The summed E-state index contributed by atoms with van der Waals surface area (Å²) in [7, 11) is 0. The predicted octanol–water partition coefficient (Wildman–Crippen LogP) is 6.46. The van der Waals surface area contributed by atoms with Gasteiger partial charge in [0.15, 0.2) is 0 Å². The smallest absolute Gasteiger partial charge is 0.136 e. The van der Waals surface area contributed by atoms with Gasteiger partial charge in [0.05, 0.1) is 17.1 Å². The van der Waals surface area contributed by atoms with Gasteiger partial charge in [-0.1, -0.05) is 48.2 Å². The summed E-state index contributed by atoms with van der Waals surface area (Å²) in [6.45, 7) is 0. The molecule has 2 aromatic carbocycles. The zero-order valence-corrected chi connectivity index (χ0v) is 16.2. The largest absolute Gasteiger partial charge is 0.308 e. The molecule has 0 saturated heterocycles. The van der Waals surface area contributed by atoms with E-state index in [4.69, 9.17) is 5.26 Å². The molecular weight excluding hydrogens is 362 g/mol. The molecule has 0 saturated carbocycles. The van der Waals surface area contributed by atoms with Gasteiger partial charge in [0, 0.05) is 21.9 Å². The Hall–Kier alpha value is -3.03. The van der Waals surface area contributed by atoms with Crippen molar-refractivity contribution >= 4 is 29.4 Å². The number of thioether (sulfide) groups is 1. The molecule has 5 rings (SSSR count). The second-order valence-electron chi connectivity index (χ2n) is 7.04. The molecule has 0 radical (unpaired) electrons. The van der Waals surface area contributed by atoms with E-state index >= 15 is 0 Å². The van der Waals surface area contributed by atoms with Gasteiger partial charge in [0.2, 0.25) is 0 Å². The maximum atomic E-state index is 9.09. The highest BCUT2D eigenvalue weighted by molar-refractivity contribution is 8.03. The van der Waals surface area contributed by atoms with Crippen LogP contribution in [0.2, 0.25) is 0 Å². The standard InChI is InChI=1S/C24H19N3S/c25-15-18-14-13-17(16-26-18)19-7-1-2-8-20(19)27-21-9-3-5-11-23(21)28-24-12-6-4-10-22(24)27/h1-5,7-11,14,16-17H,6,12-13H2. The minimum atomic E-state index is 0.173. The van der Waals surface area contributed by atoms with Crippen molar-refractivity contribution in [2.24, 2.45) is 4.99 Å². The lowest BCUT2D eigenvalue weighted by Crippen LogP contribution is -2.23. The Morgan fingerprint density at radius 1 is 1.07 bits per heavy atom. The van der Waals surface area contributed by atoms with E-state index in [9.17, 15) is 0 Å². The second kappa shape index (κ2) is 7.18. The second-order valence-corrected chi connectivity index (χ2v) is 8.17. The fourth-order valence-corrected chi connectivity index (χ4v) is 5.15. The summed E-state index contributed by atoms with van der Waals surface area (Å²) in [5.74, 6) is 0.173. The van der Waals surface area contributed by atoms with E-state index in [0.29, 0.717) is 5.70 Å². The fraction of sp³-hybridized carbons (Fsp3) is 0.167. The Bertz CT molecular complexity index is 1100. The molecule has 0 amide bonds. The monoisotopic (exact) mass is 381 g/mol. The van der Waals surface area contributed by atoms with Crippen molar-refractivity contribution in [2.45, 2.75) is 30.1 Å². The van der Waals surface area contributed by atoms with E-state index in [0.717, 1.165) is 19.3 Å². The van der Waals surface area contributed by atoms with Gasteiger partial charge >= 0.3 is 0 Å². The highest BCUT2D eigenvalue weighted by Gasteiger charge is 2.29. The van der Waals surface area contributed by atoms with Gasteiger partial charge in [-0.25, -0.2) is 4.99 Å². The first-order chi connectivity index (χ1) is 13.8. The van der Waals surface area contributed by atoms with Crippen LogP contribution in [0.3, 0.4) is 0 Å². The molecule has 3 nitrogen and oxygen atoms in total. The molecule has 2 heterocycles. The molecular formula is C24H19N3S. The Morgan fingerprint density at radius 2 is 1.89 bits per heavy atom. The van der Waals surface area contributed by atoms with Crippen molar-refractivity contribution in [3.05, 3.63) is 88.6 Å². The number of hydrogen-bond donors (Lipinski definition) is 0. The molecule has 136 valence electrons. The summed E-state index contributed by atoms with van der Waals surface area (Å²) in [5.41, 5.74) is 5.45. The Labute approximate surface area is 169 Å². The molecule has 0 bridgehead atoms. The van der Waals surface area contributed by atoms with Crippen LogP contribution in [0.25, 0.3) is 0 Å². The van der Waals surface area contributed by atoms with Crippen molar-refractivity contribution in [1.82, 2.24) is 0 Å². The zero-order chi connectivity index (χ0) is 18.9. The molecule has 1 aliphatic carbocycles. The molecule has 0 aromatic heterocycles. The van der Waals surface area contributed by atoms with E-state index < -0.39 is 0 Å². The molecule has 4 heteroatoms. The average Bonchev–Trinajstić information content (AvgIpc) is 2.77. The maximum absolute atomic E-state index is 9.09. The number of rotatable bonds is 2. The number of para-hydroxylation sites is 2. The van der Waals surface area contributed by atoms with Crippen LogP contribution >= 0.6 is 11.8 Å². The van der Waals surface area contributed by atoms with Crippen LogP contribution in [0.1, 0.15) is 30.7 Å². The number of aliphatic imine (C=N–C) groups is 1. The van der Waals surface area contributed by atoms with Crippen LogP contribution < -0.4 is 4.90 Å². The van der Waals surface area contributed by atoms with Crippen molar-refractivity contribution in [1.29, 1.82) is 5.26 Å². The maximum Gasteiger partial charge on any atom is 0.136 e. The number of hydrogen-bond acceptors (Lipinski definition) is 4. The lowest BCUT2D eigenvalue weighted by molar-refractivity contribution is 0.891. The summed E-state index contributed by atoms with van der Waals surface area (Å²) in [6, 6.07) is 19.4. The SMILES string of the molecule is N#CC1=CCC(c2ccccc2N2C3=C(CCC=C3)Sc3ccccc32)C=N1. The van der Waals surface area contributed by atoms with Crippen LogP contribution in [0.5, 0.6) is 0 Å². The minimum absolute atomic E-state index is 0.173. The summed E-state index contributed by atoms with van der Waals surface area (Å²) in [6.07, 6.45) is 11.4. The molecule has 28 heavy (non-hydrogen) atoms. The van der Waals surface area contributed by atoms with Crippen LogP contribution in [-0.4, -0.2) is 6.21 Å². The molecule has 0 N–H and O–H groups in total. The van der Waals surface area contributed by atoms with E-state index in [1.165, 1.54) is 32.4 Å². The quantitative estimate of drug-likeness (QED) is 0.599. The van der Waals surface area contributed by atoms with Crippen molar-refractivity contribution in [3.8, 4) is 6.07 Å². The third kappa shape index (κ3) is 2.89. The van der Waals surface area contributed by atoms with E-state index in [-0.39, 0.29) is 5.92 Å². The summed E-state index contributed by atoms with van der Waals surface area (Å²) in [4.78, 5) is 9.48. The van der Waals surface area contributed by atoms with E-state index in [2.05, 4.69) is 76.6 Å². The lowest BCUT2D eigenvalue weighted by atomic mass is 9.92. The molecule has 2 aliphatic heterocycles. The van der Waals surface area contributed by atoms with Crippen LogP contribution in [0, 0.1) is 11.3 Å². The molecule has 2 aromatic rings. The van der Waals surface area contributed by atoms with Gasteiger partial charge in [-0.15, -0.1) is 0 Å². The molecule has 3 aliphatic rings. The first-order valence-corrected chi connectivity index (χ1v) is 10.4. The van der Waals surface area contributed by atoms with Crippen molar-refractivity contribution < 1.29 is 0 Å². The van der Waals surface area contributed by atoms with Crippen LogP contribution in [0.15, 0.2) is 92.9 Å². The van der Waals surface area contributed by atoms with Crippen LogP contribution in [-0.2, 0) is 0 Å². The summed E-state index contributed by atoms with van der Waals surface area (Å²) < 4.78 is 0. The van der Waals surface area contributed by atoms with Gasteiger partial charge < -0.3 is 4.90 Å². The number of fused-ring (bicyclic) bond motifs is 1. The van der Waals surface area contributed by atoms with Gasteiger partial charge in [-0.3, -0.25) is 0 Å². The molecule has 0 spiro atoms. The zero-order valence-electron chi connectivity index (χ0n) is 15.4. The predicted molar refractivity (Wildman–Crippen MR) is 116 cm³/mol. The van der Waals surface area contributed by atoms with Crippen molar-refractivity contribution in [2.75, 3.05) is 4.90 Å². The molecule has 0 fully saturated rings. The van der Waals surface area contributed by atoms with Gasteiger partial charge in [-0.2, -0.15) is 5.26 Å². The third-order valence-electron chi connectivity index (χ3n) is 5.33. The normalized spacial score (nSPS) is 20.3. The number of nitrogens with zero attached hydrogens (tertiary/aromatic N) is 3. The number of anilines is 2. The molecule has 1 atom stereocenters. The lowest BCUT2D eigenvalue weighted by Gasteiger charge is -2.37. The first kappa shape index (κ1) is 17.1. The average molecular weight is 382 g/mol. The van der Waals surface area contributed by atoms with Crippen LogP contribution in [0.4, 0.5) is 11.4 Å². The van der Waals surface area contributed by atoms with Gasteiger partial charge in [0.1, 0.15) is 11.8 Å². The third-order valence-corrected chi connectivity index (χ3v) is 6.55. The summed E-state index contributed by atoms with van der Waals surface area (Å²) >= 11 is 1.90. The number of nitriles is 1. The summed E-state index contributed by atoms with van der Waals surface area (Å²) in [5, 5.41) is 9.09.